The third-order valence-electron chi connectivity index (χ3n) is 1.78. The molecule has 2 rings (SSSR count). The van der Waals surface area contributed by atoms with Gasteiger partial charge in [0.25, 0.3) is 0 Å². The van der Waals surface area contributed by atoms with Crippen LogP contribution in [-0.2, 0) is 10.9 Å². The first-order valence-corrected chi connectivity index (χ1v) is 3.73. The molecule has 1 aliphatic heterocycles. The second-order valence-corrected chi connectivity index (χ2v) is 2.76. The fraction of sp³-hybridized carbons (Fsp3) is 0.375. The van der Waals surface area contributed by atoms with Gasteiger partial charge in [0.15, 0.2) is 0 Å². The van der Waals surface area contributed by atoms with Crippen molar-refractivity contribution < 1.29 is 17.9 Å². The van der Waals surface area contributed by atoms with Crippen molar-refractivity contribution in [1.82, 2.24) is 4.98 Å². The first-order valence-electron chi connectivity index (χ1n) is 3.73. The molecule has 5 heteroatoms. The minimum atomic E-state index is -4.34. The second-order valence-electron chi connectivity index (χ2n) is 2.76. The Kier molecular flexibility index (Phi) is 1.76. The first kappa shape index (κ1) is 8.50. The molecule has 1 atom stereocenters. The minimum Gasteiger partial charge on any atom is -0.366 e. The van der Waals surface area contributed by atoms with Crippen molar-refractivity contribution in [3.05, 3.63) is 29.6 Å². The first-order chi connectivity index (χ1) is 6.09. The lowest BCUT2D eigenvalue weighted by molar-refractivity contribution is -0.138. The minimum absolute atomic E-state index is 0.00463. The van der Waals surface area contributed by atoms with Crippen molar-refractivity contribution in [1.29, 1.82) is 0 Å². The van der Waals surface area contributed by atoms with E-state index >= 15 is 0 Å². The summed E-state index contributed by atoms with van der Waals surface area (Å²) in [4.78, 5) is 3.66. The maximum atomic E-state index is 12.3. The van der Waals surface area contributed by atoms with Gasteiger partial charge in [-0.1, -0.05) is 0 Å². The molecule has 0 radical (unpaired) electrons. The fourth-order valence-corrected chi connectivity index (χ4v) is 1.12. The molecule has 70 valence electrons. The molecule has 0 saturated carbocycles. The Morgan fingerprint density at radius 3 is 2.69 bits per heavy atom. The van der Waals surface area contributed by atoms with Crippen molar-refractivity contribution in [2.24, 2.45) is 0 Å². The van der Waals surface area contributed by atoms with E-state index in [0.29, 0.717) is 6.61 Å². The Bertz CT molecular complexity index is 319. The summed E-state index contributed by atoms with van der Waals surface area (Å²) in [7, 11) is 0. The maximum absolute atomic E-state index is 12.3. The summed E-state index contributed by atoms with van der Waals surface area (Å²) in [6.45, 7) is 0.333. The van der Waals surface area contributed by atoms with Crippen LogP contribution in [0.25, 0.3) is 0 Å². The number of hydrogen-bond acceptors (Lipinski definition) is 2. The lowest BCUT2D eigenvalue weighted by Gasteiger charge is -2.09. The molecular formula is C8H6F3NO. The monoisotopic (exact) mass is 189 g/mol. The van der Waals surface area contributed by atoms with Crippen LogP contribution in [0.4, 0.5) is 13.2 Å². The largest absolute Gasteiger partial charge is 0.418 e. The highest BCUT2D eigenvalue weighted by atomic mass is 19.4. The summed E-state index contributed by atoms with van der Waals surface area (Å²) >= 11 is 0. The molecule has 0 N–H and O–H groups in total. The number of nitrogens with zero attached hydrogens (tertiary/aromatic N) is 1. The summed E-state index contributed by atoms with van der Waals surface area (Å²) in [5.74, 6) is 0. The molecular weight excluding hydrogens is 183 g/mol. The van der Waals surface area contributed by atoms with Crippen molar-refractivity contribution in [2.45, 2.75) is 12.3 Å². The Balaban J connectivity index is 2.43. The summed E-state index contributed by atoms with van der Waals surface area (Å²) in [5, 5.41) is 0. The average molecular weight is 189 g/mol. The van der Waals surface area contributed by atoms with Gasteiger partial charge in [0, 0.05) is 6.20 Å². The number of pyridine rings is 1. The van der Waals surface area contributed by atoms with Gasteiger partial charge in [-0.15, -0.1) is 0 Å². The van der Waals surface area contributed by atoms with Gasteiger partial charge in [0.2, 0.25) is 0 Å². The molecule has 0 aliphatic carbocycles. The van der Waals surface area contributed by atoms with Crippen molar-refractivity contribution in [3.63, 3.8) is 0 Å². The molecule has 0 spiro atoms. The molecule has 1 saturated heterocycles. The molecule has 0 amide bonds. The lowest BCUT2D eigenvalue weighted by Crippen LogP contribution is -2.09. The van der Waals surface area contributed by atoms with Gasteiger partial charge in [0.1, 0.15) is 6.10 Å². The Morgan fingerprint density at radius 2 is 2.15 bits per heavy atom. The zero-order valence-electron chi connectivity index (χ0n) is 6.51. The van der Waals surface area contributed by atoms with Gasteiger partial charge in [-0.25, -0.2) is 0 Å². The molecule has 1 fully saturated rings. The SMILES string of the molecule is FC(F)(F)c1cccnc1[C@@H]1CO1. The lowest BCUT2D eigenvalue weighted by atomic mass is 10.1. The smallest absolute Gasteiger partial charge is 0.366 e. The standard InChI is InChI=1S/C8H6F3NO/c9-8(10,11)5-2-1-3-12-7(5)6-4-13-6/h1-3,6H,4H2/t6-/m0/s1. The number of hydrogen-bond donors (Lipinski definition) is 0. The molecule has 0 unspecified atom stereocenters. The van der Waals surface area contributed by atoms with E-state index in [-0.39, 0.29) is 5.69 Å². The van der Waals surface area contributed by atoms with Crippen LogP contribution in [0.2, 0.25) is 0 Å². The normalized spacial score (nSPS) is 21.6. The van der Waals surface area contributed by atoms with Gasteiger partial charge < -0.3 is 4.74 Å². The van der Waals surface area contributed by atoms with Gasteiger partial charge in [-0.2, -0.15) is 13.2 Å². The highest BCUT2D eigenvalue weighted by Gasteiger charge is 2.39. The van der Waals surface area contributed by atoms with Crippen LogP contribution >= 0.6 is 0 Å². The van der Waals surface area contributed by atoms with E-state index in [9.17, 15) is 13.2 Å². The van der Waals surface area contributed by atoms with Crippen molar-refractivity contribution >= 4 is 0 Å². The van der Waals surface area contributed by atoms with E-state index in [2.05, 4.69) is 4.98 Å². The molecule has 2 heterocycles. The number of halogens is 3. The number of alkyl halides is 3. The molecule has 1 aromatic heterocycles. The van der Waals surface area contributed by atoms with E-state index in [1.807, 2.05) is 0 Å². The summed E-state index contributed by atoms with van der Waals surface area (Å²) < 4.78 is 41.8. The predicted octanol–water partition coefficient (Wildman–Crippen LogP) is 2.17. The topological polar surface area (TPSA) is 25.4 Å². The molecule has 0 bridgehead atoms. The van der Waals surface area contributed by atoms with Gasteiger partial charge in [0.05, 0.1) is 17.9 Å². The van der Waals surface area contributed by atoms with Crippen LogP contribution in [-0.4, -0.2) is 11.6 Å². The Labute approximate surface area is 72.4 Å². The van der Waals surface area contributed by atoms with Crippen LogP contribution in [0.15, 0.2) is 18.3 Å². The van der Waals surface area contributed by atoms with Gasteiger partial charge in [-0.3, -0.25) is 4.98 Å². The van der Waals surface area contributed by atoms with Crippen LogP contribution in [0.3, 0.4) is 0 Å². The summed E-state index contributed by atoms with van der Waals surface area (Å²) in [5.41, 5.74) is -0.701. The Morgan fingerprint density at radius 1 is 1.46 bits per heavy atom. The molecule has 1 aromatic rings. The second kappa shape index (κ2) is 2.70. The third-order valence-corrected chi connectivity index (χ3v) is 1.78. The highest BCUT2D eigenvalue weighted by molar-refractivity contribution is 5.26. The van der Waals surface area contributed by atoms with Gasteiger partial charge >= 0.3 is 6.18 Å². The van der Waals surface area contributed by atoms with E-state index < -0.39 is 17.8 Å². The zero-order chi connectivity index (χ0) is 9.47. The fourth-order valence-electron chi connectivity index (χ4n) is 1.12. The Hall–Kier alpha value is -1.10. The van der Waals surface area contributed by atoms with Crippen LogP contribution < -0.4 is 0 Å². The molecule has 13 heavy (non-hydrogen) atoms. The summed E-state index contributed by atoms with van der Waals surface area (Å²) in [6, 6.07) is 2.29. The summed E-state index contributed by atoms with van der Waals surface area (Å²) in [6.07, 6.45) is -3.46. The number of epoxide rings is 1. The van der Waals surface area contributed by atoms with E-state index in [0.717, 1.165) is 6.07 Å². The van der Waals surface area contributed by atoms with Crippen LogP contribution in [0.1, 0.15) is 17.4 Å². The maximum Gasteiger partial charge on any atom is 0.418 e. The van der Waals surface area contributed by atoms with Crippen molar-refractivity contribution in [2.75, 3.05) is 6.61 Å². The third kappa shape index (κ3) is 1.65. The van der Waals surface area contributed by atoms with E-state index in [1.54, 1.807) is 0 Å². The quantitative estimate of drug-likeness (QED) is 0.632. The zero-order valence-corrected chi connectivity index (χ0v) is 6.51. The molecule has 1 aliphatic rings. The van der Waals surface area contributed by atoms with E-state index in [4.69, 9.17) is 4.74 Å². The predicted molar refractivity (Wildman–Crippen MR) is 37.9 cm³/mol. The van der Waals surface area contributed by atoms with Gasteiger partial charge in [-0.05, 0) is 12.1 Å². The van der Waals surface area contributed by atoms with Crippen molar-refractivity contribution in [3.8, 4) is 0 Å². The molecule has 0 aromatic carbocycles. The van der Waals surface area contributed by atoms with E-state index in [1.165, 1.54) is 12.3 Å². The van der Waals surface area contributed by atoms with Crippen LogP contribution in [0, 0.1) is 0 Å². The number of aromatic nitrogens is 1. The highest BCUT2D eigenvalue weighted by Crippen LogP contribution is 2.38. The number of rotatable bonds is 1. The average Bonchev–Trinajstić information content (AvgIpc) is 2.85. The van der Waals surface area contributed by atoms with Crippen LogP contribution in [0.5, 0.6) is 0 Å². The number of ether oxygens (including phenoxy) is 1. The molecule has 2 nitrogen and oxygen atoms in total.